The van der Waals surface area contributed by atoms with E-state index in [1.807, 2.05) is 4.90 Å². The van der Waals surface area contributed by atoms with Crippen molar-refractivity contribution >= 4 is 46.1 Å². The van der Waals surface area contributed by atoms with Crippen LogP contribution in [-0.2, 0) is 0 Å². The number of piperidine rings is 1. The molecule has 1 aromatic carbocycles. The monoisotopic (exact) mass is 403 g/mol. The van der Waals surface area contributed by atoms with Gasteiger partial charge in [-0.3, -0.25) is 9.89 Å². The fraction of sp³-hybridized carbons (Fsp3) is 0.294. The number of benzene rings is 1. The highest BCUT2D eigenvalue weighted by Crippen LogP contribution is 2.45. The second-order valence-corrected chi connectivity index (χ2v) is 7.73. The molecular weight excluding hydrogens is 389 g/mol. The van der Waals surface area contributed by atoms with Crippen molar-refractivity contribution in [2.24, 2.45) is 23.3 Å². The smallest absolute Gasteiger partial charge is 0.268 e. The number of fused-ring (bicyclic) bond motifs is 2. The fourth-order valence-corrected chi connectivity index (χ4v) is 4.25. The molecule has 0 bridgehead atoms. The van der Waals surface area contributed by atoms with Gasteiger partial charge >= 0.3 is 0 Å². The molecule has 0 spiro atoms. The van der Waals surface area contributed by atoms with Crippen LogP contribution in [0.25, 0.3) is 22.3 Å². The van der Waals surface area contributed by atoms with Crippen LogP contribution in [0.2, 0.25) is 10.0 Å². The first kappa shape index (κ1) is 16.7. The van der Waals surface area contributed by atoms with Crippen molar-refractivity contribution in [3.05, 3.63) is 33.9 Å². The number of anilines is 1. The van der Waals surface area contributed by atoms with Gasteiger partial charge in [-0.1, -0.05) is 35.3 Å². The van der Waals surface area contributed by atoms with Crippen molar-refractivity contribution in [2.45, 2.75) is 6.04 Å². The number of hydrogen-bond donors (Lipinski definition) is 3. The van der Waals surface area contributed by atoms with Gasteiger partial charge in [-0.2, -0.15) is 10.1 Å². The Morgan fingerprint density at radius 1 is 1.22 bits per heavy atom. The van der Waals surface area contributed by atoms with Crippen LogP contribution in [0.4, 0.5) is 5.95 Å². The number of carbonyl (C=O) groups excluding carboxylic acids is 1. The van der Waals surface area contributed by atoms with E-state index in [1.54, 1.807) is 18.2 Å². The van der Waals surface area contributed by atoms with Crippen molar-refractivity contribution in [2.75, 3.05) is 18.0 Å². The summed E-state index contributed by atoms with van der Waals surface area (Å²) in [6.45, 7) is 1.55. The highest BCUT2D eigenvalue weighted by Gasteiger charge is 2.54. The lowest BCUT2D eigenvalue weighted by Gasteiger charge is -2.19. The van der Waals surface area contributed by atoms with E-state index in [0.717, 1.165) is 13.1 Å². The van der Waals surface area contributed by atoms with E-state index >= 15 is 0 Å². The minimum absolute atomic E-state index is 0.0969. The van der Waals surface area contributed by atoms with Crippen molar-refractivity contribution in [3.63, 3.8) is 0 Å². The third kappa shape index (κ3) is 2.48. The molecule has 2 unspecified atom stereocenters. The van der Waals surface area contributed by atoms with Crippen molar-refractivity contribution in [3.8, 4) is 11.3 Å². The predicted molar refractivity (Wildman–Crippen MR) is 103 cm³/mol. The third-order valence-corrected chi connectivity index (χ3v) is 6.21. The lowest BCUT2D eigenvalue weighted by molar-refractivity contribution is 0.0997. The number of amides is 1. The topological polar surface area (TPSA) is 127 Å². The lowest BCUT2D eigenvalue weighted by atomic mass is 10.1. The molecular formula is C17H15Cl2N7O. The summed E-state index contributed by atoms with van der Waals surface area (Å²) in [5.41, 5.74) is 13.1. The number of H-pyrrole nitrogens is 1. The van der Waals surface area contributed by atoms with Gasteiger partial charge in [-0.05, 0) is 17.9 Å². The number of aromatic nitrogens is 4. The van der Waals surface area contributed by atoms with Crippen molar-refractivity contribution < 1.29 is 4.79 Å². The Balaban J connectivity index is 1.65. The van der Waals surface area contributed by atoms with Crippen molar-refractivity contribution in [1.29, 1.82) is 0 Å². The van der Waals surface area contributed by atoms with Crippen LogP contribution in [0, 0.1) is 11.8 Å². The van der Waals surface area contributed by atoms with Gasteiger partial charge in [0.05, 0.1) is 15.4 Å². The van der Waals surface area contributed by atoms with Crippen LogP contribution < -0.4 is 16.4 Å². The lowest BCUT2D eigenvalue weighted by Crippen LogP contribution is -2.30. The number of nitrogens with zero attached hydrogens (tertiary/aromatic N) is 4. The van der Waals surface area contributed by atoms with Crippen LogP contribution in [0.1, 0.15) is 10.5 Å². The van der Waals surface area contributed by atoms with Gasteiger partial charge in [0, 0.05) is 24.7 Å². The average Bonchev–Trinajstić information content (AvgIpc) is 3.05. The number of nitrogens with one attached hydrogen (secondary N) is 1. The molecule has 8 nitrogen and oxygen atoms in total. The van der Waals surface area contributed by atoms with Gasteiger partial charge in [0.25, 0.3) is 5.91 Å². The van der Waals surface area contributed by atoms with Crippen LogP contribution >= 0.6 is 23.2 Å². The maximum absolute atomic E-state index is 12.1. The molecule has 2 fully saturated rings. The quantitative estimate of drug-likeness (QED) is 0.611. The first-order valence-electron chi connectivity index (χ1n) is 8.46. The molecule has 1 aliphatic heterocycles. The minimum atomic E-state index is -0.662. The van der Waals surface area contributed by atoms with Gasteiger partial charge in [0.15, 0.2) is 5.65 Å². The van der Waals surface area contributed by atoms with Crippen LogP contribution in [0.5, 0.6) is 0 Å². The second kappa shape index (κ2) is 5.79. The van der Waals surface area contributed by atoms with E-state index in [9.17, 15) is 4.79 Å². The van der Waals surface area contributed by atoms with Gasteiger partial charge in [-0.15, -0.1) is 0 Å². The summed E-state index contributed by atoms with van der Waals surface area (Å²) in [6, 6.07) is 5.44. The number of hydrogen-bond acceptors (Lipinski definition) is 6. The molecule has 10 heteroatoms. The summed E-state index contributed by atoms with van der Waals surface area (Å²) in [7, 11) is 0. The molecule has 2 aromatic heterocycles. The summed E-state index contributed by atoms with van der Waals surface area (Å²) in [4.78, 5) is 23.1. The Labute approximate surface area is 163 Å². The largest absolute Gasteiger partial charge is 0.364 e. The highest BCUT2D eigenvalue weighted by molar-refractivity contribution is 6.43. The zero-order valence-electron chi connectivity index (χ0n) is 14.0. The Kier molecular flexibility index (Phi) is 3.59. The summed E-state index contributed by atoms with van der Waals surface area (Å²) >= 11 is 12.4. The summed E-state index contributed by atoms with van der Waals surface area (Å²) in [5, 5.41) is 8.31. The summed E-state index contributed by atoms with van der Waals surface area (Å²) in [6.07, 6.45) is 0. The maximum Gasteiger partial charge on any atom is 0.268 e. The Hall–Kier alpha value is -2.42. The van der Waals surface area contributed by atoms with E-state index in [-0.39, 0.29) is 11.7 Å². The molecule has 2 aliphatic rings. The number of halogens is 2. The molecule has 5 rings (SSSR count). The standard InChI is InChI=1S/C17H15Cl2N7O/c18-9-3-1-2-6(11(9)19)13-10-14(15(21)27)22-17(23-16(10)25-24-13)26-4-7-8(5-26)12(7)20/h1-3,7-8,12H,4-5,20H2,(H2,21,27)(H,22,23,24,25). The fourth-order valence-electron chi connectivity index (χ4n) is 3.86. The molecule has 27 heavy (non-hydrogen) atoms. The average molecular weight is 404 g/mol. The Bertz CT molecular complexity index is 1090. The summed E-state index contributed by atoms with van der Waals surface area (Å²) in [5.74, 6) is 0.710. The first-order chi connectivity index (χ1) is 13.0. The van der Waals surface area contributed by atoms with Crippen LogP contribution in [0.15, 0.2) is 18.2 Å². The molecule has 1 amide bonds. The maximum atomic E-state index is 12.1. The molecule has 5 N–H and O–H groups in total. The number of primary amides is 1. The number of aromatic amines is 1. The zero-order valence-corrected chi connectivity index (χ0v) is 15.5. The van der Waals surface area contributed by atoms with Gasteiger partial charge in [0.2, 0.25) is 5.95 Å². The molecule has 1 saturated heterocycles. The third-order valence-electron chi connectivity index (χ3n) is 5.39. The Morgan fingerprint density at radius 3 is 2.67 bits per heavy atom. The van der Waals surface area contributed by atoms with E-state index in [4.69, 9.17) is 34.7 Å². The Morgan fingerprint density at radius 2 is 1.96 bits per heavy atom. The predicted octanol–water partition coefficient (Wildman–Crippen LogP) is 1.82. The van der Waals surface area contributed by atoms with E-state index < -0.39 is 5.91 Å². The SMILES string of the molecule is NC(=O)c1nc(N2CC3C(N)C3C2)nc2[nH]nc(-c3cccc(Cl)c3Cl)c12. The molecule has 3 heterocycles. The summed E-state index contributed by atoms with van der Waals surface area (Å²) < 4.78 is 0. The number of nitrogens with two attached hydrogens (primary N) is 2. The molecule has 1 aliphatic carbocycles. The number of rotatable bonds is 3. The first-order valence-corrected chi connectivity index (χ1v) is 9.22. The molecule has 2 atom stereocenters. The molecule has 138 valence electrons. The minimum Gasteiger partial charge on any atom is -0.364 e. The van der Waals surface area contributed by atoms with Crippen LogP contribution in [-0.4, -0.2) is 45.2 Å². The van der Waals surface area contributed by atoms with E-state index in [2.05, 4.69) is 20.2 Å². The van der Waals surface area contributed by atoms with Crippen LogP contribution in [0.3, 0.4) is 0 Å². The zero-order chi connectivity index (χ0) is 18.9. The molecule has 1 saturated carbocycles. The molecule has 3 aromatic rings. The van der Waals surface area contributed by atoms with Crippen molar-refractivity contribution in [1.82, 2.24) is 20.2 Å². The van der Waals surface area contributed by atoms with E-state index in [1.165, 1.54) is 0 Å². The van der Waals surface area contributed by atoms with E-state index in [0.29, 0.717) is 50.1 Å². The highest BCUT2D eigenvalue weighted by atomic mass is 35.5. The second-order valence-electron chi connectivity index (χ2n) is 6.94. The van der Waals surface area contributed by atoms with Gasteiger partial charge in [0.1, 0.15) is 11.4 Å². The van der Waals surface area contributed by atoms with Gasteiger partial charge in [-0.25, -0.2) is 4.98 Å². The molecule has 0 radical (unpaired) electrons. The normalized spacial score (nSPS) is 23.7. The van der Waals surface area contributed by atoms with Gasteiger partial charge < -0.3 is 16.4 Å². The number of carbonyl (C=O) groups is 1.